The Balaban J connectivity index is 2.45. The molecule has 5 heteroatoms. The van der Waals surface area contributed by atoms with Crippen molar-refractivity contribution in [2.24, 2.45) is 0 Å². The van der Waals surface area contributed by atoms with E-state index in [2.05, 4.69) is 9.97 Å². The van der Waals surface area contributed by atoms with Crippen LogP contribution >= 0.6 is 0 Å². The van der Waals surface area contributed by atoms with Crippen LogP contribution in [0.5, 0.6) is 0 Å². The molecule has 0 radical (unpaired) electrons. The lowest BCUT2D eigenvalue weighted by molar-refractivity contribution is 0.174. The molecule has 5 nitrogen and oxygen atoms in total. The first-order valence-electron chi connectivity index (χ1n) is 6.27. The van der Waals surface area contributed by atoms with Gasteiger partial charge in [-0.15, -0.1) is 0 Å². The molecule has 1 unspecified atom stereocenters. The van der Waals surface area contributed by atoms with Gasteiger partial charge in [-0.25, -0.2) is 9.97 Å². The molecule has 0 saturated carbocycles. The fourth-order valence-corrected chi connectivity index (χ4v) is 2.46. The number of aryl methyl sites for hydroxylation is 1. The molecular formula is C14H16N4O. The van der Waals surface area contributed by atoms with Crippen molar-refractivity contribution in [2.75, 3.05) is 5.73 Å². The van der Waals surface area contributed by atoms with Crippen LogP contribution < -0.4 is 5.73 Å². The molecule has 0 fully saturated rings. The third-order valence-corrected chi connectivity index (χ3v) is 3.25. The van der Waals surface area contributed by atoms with Gasteiger partial charge in [-0.3, -0.25) is 0 Å². The van der Waals surface area contributed by atoms with Crippen LogP contribution in [-0.4, -0.2) is 25.7 Å². The maximum Gasteiger partial charge on any atom is 0.152 e. The molecule has 3 rings (SSSR count). The van der Waals surface area contributed by atoms with Crippen LogP contribution in [0.25, 0.3) is 21.9 Å². The molecule has 0 aliphatic carbocycles. The van der Waals surface area contributed by atoms with E-state index in [1.807, 2.05) is 35.8 Å². The van der Waals surface area contributed by atoms with Gasteiger partial charge < -0.3 is 15.4 Å². The fourth-order valence-electron chi connectivity index (χ4n) is 2.46. The van der Waals surface area contributed by atoms with E-state index in [1.54, 1.807) is 6.92 Å². The Labute approximate surface area is 110 Å². The number of para-hydroxylation sites is 1. The highest BCUT2D eigenvalue weighted by atomic mass is 16.3. The van der Waals surface area contributed by atoms with Crippen molar-refractivity contribution >= 4 is 27.8 Å². The van der Waals surface area contributed by atoms with Crippen molar-refractivity contribution in [3.63, 3.8) is 0 Å². The van der Waals surface area contributed by atoms with Crippen molar-refractivity contribution in [1.29, 1.82) is 0 Å². The lowest BCUT2D eigenvalue weighted by atomic mass is 10.2. The van der Waals surface area contributed by atoms with E-state index in [0.29, 0.717) is 17.9 Å². The fraction of sp³-hybridized carbons (Fsp3) is 0.286. The molecule has 3 aromatic rings. The van der Waals surface area contributed by atoms with E-state index < -0.39 is 6.10 Å². The third-order valence-electron chi connectivity index (χ3n) is 3.25. The predicted molar refractivity (Wildman–Crippen MR) is 75.9 cm³/mol. The van der Waals surface area contributed by atoms with Gasteiger partial charge in [-0.05, 0) is 19.9 Å². The highest BCUT2D eigenvalue weighted by Gasteiger charge is 2.15. The first kappa shape index (κ1) is 11.9. The lowest BCUT2D eigenvalue weighted by Crippen LogP contribution is -2.13. The molecule has 1 aromatic carbocycles. The minimum Gasteiger partial charge on any atom is -0.392 e. The van der Waals surface area contributed by atoms with Crippen LogP contribution in [0.4, 0.5) is 5.82 Å². The highest BCUT2D eigenvalue weighted by molar-refractivity contribution is 6.06. The van der Waals surface area contributed by atoms with Gasteiger partial charge in [-0.1, -0.05) is 18.2 Å². The summed E-state index contributed by atoms with van der Waals surface area (Å²) in [5.41, 5.74) is 8.48. The number of fused-ring (bicyclic) bond motifs is 3. The number of nitrogen functional groups attached to an aromatic ring is 1. The predicted octanol–water partition coefficient (Wildman–Crippen LogP) is 1.86. The normalized spacial score (nSPS) is 13.2. The summed E-state index contributed by atoms with van der Waals surface area (Å²) in [5.74, 6) is 1.27. The summed E-state index contributed by atoms with van der Waals surface area (Å²) in [7, 11) is 0. The number of nitrogens with two attached hydrogens (primary N) is 1. The average Bonchev–Trinajstić information content (AvgIpc) is 2.68. The minimum atomic E-state index is -0.441. The summed E-state index contributed by atoms with van der Waals surface area (Å²) in [6, 6.07) is 7.83. The maximum absolute atomic E-state index is 9.65. The topological polar surface area (TPSA) is 77.0 Å². The molecule has 0 saturated heterocycles. The van der Waals surface area contributed by atoms with Crippen LogP contribution in [0.2, 0.25) is 0 Å². The number of anilines is 1. The number of aliphatic hydroxyl groups excluding tert-OH is 1. The molecule has 2 heterocycles. The highest BCUT2D eigenvalue weighted by Crippen LogP contribution is 2.28. The molecule has 0 bridgehead atoms. The van der Waals surface area contributed by atoms with Crippen LogP contribution in [0, 0.1) is 6.92 Å². The average molecular weight is 256 g/mol. The summed E-state index contributed by atoms with van der Waals surface area (Å²) >= 11 is 0. The lowest BCUT2D eigenvalue weighted by Gasteiger charge is -2.10. The third kappa shape index (κ3) is 1.82. The Morgan fingerprint density at radius 1 is 1.32 bits per heavy atom. The molecule has 0 spiro atoms. The van der Waals surface area contributed by atoms with Crippen molar-refractivity contribution in [1.82, 2.24) is 14.5 Å². The Morgan fingerprint density at radius 2 is 2.05 bits per heavy atom. The number of imidazole rings is 1. The number of pyridine rings is 1. The minimum absolute atomic E-state index is 0.432. The zero-order valence-corrected chi connectivity index (χ0v) is 11.0. The number of rotatable bonds is 2. The van der Waals surface area contributed by atoms with Gasteiger partial charge in [0.1, 0.15) is 11.3 Å². The van der Waals surface area contributed by atoms with Gasteiger partial charge in [-0.2, -0.15) is 0 Å². The molecule has 3 N–H and O–H groups in total. The van der Waals surface area contributed by atoms with E-state index >= 15 is 0 Å². The number of aromatic nitrogens is 3. The summed E-state index contributed by atoms with van der Waals surface area (Å²) in [5, 5.41) is 10.7. The van der Waals surface area contributed by atoms with E-state index in [0.717, 1.165) is 22.2 Å². The van der Waals surface area contributed by atoms with Crippen LogP contribution in [0.15, 0.2) is 24.3 Å². The van der Waals surface area contributed by atoms with Crippen LogP contribution in [0.1, 0.15) is 12.7 Å². The van der Waals surface area contributed by atoms with Gasteiger partial charge in [0.25, 0.3) is 0 Å². The second kappa shape index (κ2) is 4.20. The van der Waals surface area contributed by atoms with Crippen molar-refractivity contribution in [3.05, 3.63) is 30.1 Å². The van der Waals surface area contributed by atoms with E-state index in [-0.39, 0.29) is 0 Å². The van der Waals surface area contributed by atoms with Gasteiger partial charge >= 0.3 is 0 Å². The van der Waals surface area contributed by atoms with E-state index in [1.165, 1.54) is 0 Å². The van der Waals surface area contributed by atoms with Crippen molar-refractivity contribution in [2.45, 2.75) is 26.5 Å². The van der Waals surface area contributed by atoms with Crippen molar-refractivity contribution in [3.8, 4) is 0 Å². The van der Waals surface area contributed by atoms with Gasteiger partial charge in [0, 0.05) is 5.39 Å². The van der Waals surface area contributed by atoms with E-state index in [4.69, 9.17) is 5.73 Å². The smallest absolute Gasteiger partial charge is 0.152 e. The zero-order chi connectivity index (χ0) is 13.6. The van der Waals surface area contributed by atoms with Crippen LogP contribution in [0.3, 0.4) is 0 Å². The maximum atomic E-state index is 9.65. The summed E-state index contributed by atoms with van der Waals surface area (Å²) in [6.07, 6.45) is -0.441. The number of hydrogen-bond donors (Lipinski definition) is 2. The molecule has 1 atom stereocenters. The number of aliphatic hydroxyl groups is 1. The first-order chi connectivity index (χ1) is 9.08. The Kier molecular flexibility index (Phi) is 2.64. The zero-order valence-electron chi connectivity index (χ0n) is 11.0. The second-order valence-electron chi connectivity index (χ2n) is 4.83. The molecule has 19 heavy (non-hydrogen) atoms. The standard InChI is InChI=1S/C14H16N4O/c1-8(19)7-18-9(2)16-12-13(18)10-5-3-4-6-11(10)17-14(12)15/h3-6,8,19H,7H2,1-2H3,(H2,15,17). The number of nitrogens with zero attached hydrogens (tertiary/aromatic N) is 3. The number of hydrogen-bond acceptors (Lipinski definition) is 4. The number of benzene rings is 1. The Bertz CT molecular complexity index is 761. The molecule has 0 aliphatic rings. The van der Waals surface area contributed by atoms with Gasteiger partial charge in [0.05, 0.1) is 23.7 Å². The van der Waals surface area contributed by atoms with Gasteiger partial charge in [0.2, 0.25) is 0 Å². The van der Waals surface area contributed by atoms with Crippen molar-refractivity contribution < 1.29 is 5.11 Å². The molecule has 2 aromatic heterocycles. The molecule has 0 aliphatic heterocycles. The first-order valence-corrected chi connectivity index (χ1v) is 6.27. The van der Waals surface area contributed by atoms with Gasteiger partial charge in [0.15, 0.2) is 5.82 Å². The van der Waals surface area contributed by atoms with E-state index in [9.17, 15) is 5.11 Å². The monoisotopic (exact) mass is 256 g/mol. The SMILES string of the molecule is Cc1nc2c(N)nc3ccccc3c2n1CC(C)O. The molecule has 0 amide bonds. The Hall–Kier alpha value is -2.14. The largest absolute Gasteiger partial charge is 0.392 e. The summed E-state index contributed by atoms with van der Waals surface area (Å²) < 4.78 is 2.00. The molecular weight excluding hydrogens is 240 g/mol. The van der Waals surface area contributed by atoms with Crippen LogP contribution in [-0.2, 0) is 6.54 Å². The Morgan fingerprint density at radius 3 is 2.79 bits per heavy atom. The second-order valence-corrected chi connectivity index (χ2v) is 4.83. The molecule has 98 valence electrons. The summed E-state index contributed by atoms with van der Waals surface area (Å²) in [4.78, 5) is 8.86. The quantitative estimate of drug-likeness (QED) is 0.733. The summed E-state index contributed by atoms with van der Waals surface area (Å²) in [6.45, 7) is 4.17.